The van der Waals surface area contributed by atoms with Gasteiger partial charge in [-0.3, -0.25) is 0 Å². The molecule has 0 bridgehead atoms. The number of benzene rings is 1. The van der Waals surface area contributed by atoms with Gasteiger partial charge in [0.25, 0.3) is 0 Å². The second-order valence-electron chi connectivity index (χ2n) is 5.69. The van der Waals surface area contributed by atoms with Crippen molar-refractivity contribution in [2.75, 3.05) is 5.32 Å². The zero-order valence-electron chi connectivity index (χ0n) is 11.7. The Labute approximate surface area is 132 Å². The zero-order valence-corrected chi connectivity index (χ0v) is 14.7. The van der Waals surface area contributed by atoms with E-state index in [2.05, 4.69) is 78.8 Å². The SMILES string of the molecule is Cc1cc(I)ccc1NCc1cnc(C(C)(C)C)s1. The van der Waals surface area contributed by atoms with Crippen molar-refractivity contribution in [1.82, 2.24) is 4.98 Å². The summed E-state index contributed by atoms with van der Waals surface area (Å²) in [7, 11) is 0. The molecule has 1 aromatic carbocycles. The van der Waals surface area contributed by atoms with Gasteiger partial charge >= 0.3 is 0 Å². The van der Waals surface area contributed by atoms with Gasteiger partial charge in [-0.25, -0.2) is 4.98 Å². The summed E-state index contributed by atoms with van der Waals surface area (Å²) in [5.41, 5.74) is 2.63. The number of nitrogens with one attached hydrogen (secondary N) is 1. The van der Waals surface area contributed by atoms with Crippen LogP contribution in [-0.4, -0.2) is 4.98 Å². The molecule has 2 nitrogen and oxygen atoms in total. The average molecular weight is 386 g/mol. The molecule has 102 valence electrons. The topological polar surface area (TPSA) is 24.9 Å². The van der Waals surface area contributed by atoms with Crippen LogP contribution in [-0.2, 0) is 12.0 Å². The van der Waals surface area contributed by atoms with Gasteiger partial charge in [0.05, 0.1) is 11.6 Å². The summed E-state index contributed by atoms with van der Waals surface area (Å²) in [6.07, 6.45) is 1.99. The maximum Gasteiger partial charge on any atom is 0.0981 e. The molecule has 0 atom stereocenters. The number of aryl methyl sites for hydroxylation is 1. The number of nitrogens with zero attached hydrogens (tertiary/aromatic N) is 1. The monoisotopic (exact) mass is 386 g/mol. The van der Waals surface area contributed by atoms with E-state index in [-0.39, 0.29) is 5.41 Å². The van der Waals surface area contributed by atoms with Gasteiger partial charge in [0.1, 0.15) is 0 Å². The molecular weight excluding hydrogens is 367 g/mol. The van der Waals surface area contributed by atoms with Crippen LogP contribution in [0.3, 0.4) is 0 Å². The summed E-state index contributed by atoms with van der Waals surface area (Å²) in [4.78, 5) is 5.79. The predicted octanol–water partition coefficient (Wildman–Crippen LogP) is 4.97. The quantitative estimate of drug-likeness (QED) is 0.754. The Balaban J connectivity index is 2.04. The Bertz CT molecular complexity index is 570. The lowest BCUT2D eigenvalue weighted by molar-refractivity contribution is 0.585. The first kappa shape index (κ1) is 14.8. The molecule has 0 aliphatic rings. The Hall–Kier alpha value is -0.620. The van der Waals surface area contributed by atoms with E-state index >= 15 is 0 Å². The molecule has 0 aliphatic heterocycles. The molecule has 0 unspecified atom stereocenters. The summed E-state index contributed by atoms with van der Waals surface area (Å²) in [6, 6.07) is 6.46. The highest BCUT2D eigenvalue weighted by Gasteiger charge is 2.17. The van der Waals surface area contributed by atoms with Gasteiger partial charge in [0.15, 0.2) is 0 Å². The molecule has 0 amide bonds. The standard InChI is InChI=1S/C15H19IN2S/c1-10-7-11(16)5-6-13(10)17-8-12-9-18-14(19-12)15(2,3)4/h5-7,9,17H,8H2,1-4H3. The van der Waals surface area contributed by atoms with Crippen LogP contribution < -0.4 is 5.32 Å². The molecule has 0 radical (unpaired) electrons. The van der Waals surface area contributed by atoms with Crippen molar-refractivity contribution in [3.05, 3.63) is 43.4 Å². The summed E-state index contributed by atoms with van der Waals surface area (Å²) in [6.45, 7) is 9.58. The van der Waals surface area contributed by atoms with E-state index in [0.29, 0.717) is 0 Å². The molecule has 0 saturated carbocycles. The number of halogens is 1. The van der Waals surface area contributed by atoms with Gasteiger partial charge in [0.2, 0.25) is 0 Å². The van der Waals surface area contributed by atoms with Gasteiger partial charge < -0.3 is 5.32 Å². The summed E-state index contributed by atoms with van der Waals surface area (Å²) >= 11 is 4.13. The molecular formula is C15H19IN2S. The summed E-state index contributed by atoms with van der Waals surface area (Å²) < 4.78 is 1.27. The normalized spacial score (nSPS) is 11.6. The minimum absolute atomic E-state index is 0.141. The van der Waals surface area contributed by atoms with Gasteiger partial charge in [-0.15, -0.1) is 11.3 Å². The van der Waals surface area contributed by atoms with E-state index in [1.165, 1.54) is 24.7 Å². The summed E-state index contributed by atoms with van der Waals surface area (Å²) in [5.74, 6) is 0. The highest BCUT2D eigenvalue weighted by molar-refractivity contribution is 14.1. The molecule has 19 heavy (non-hydrogen) atoms. The number of anilines is 1. The van der Waals surface area contributed by atoms with Crippen molar-refractivity contribution in [1.29, 1.82) is 0 Å². The van der Waals surface area contributed by atoms with Crippen LogP contribution in [0.25, 0.3) is 0 Å². The predicted molar refractivity (Wildman–Crippen MR) is 92.0 cm³/mol. The Morgan fingerprint density at radius 1 is 1.32 bits per heavy atom. The molecule has 0 aliphatic carbocycles. The van der Waals surface area contributed by atoms with Crippen LogP contribution in [0.15, 0.2) is 24.4 Å². The van der Waals surface area contributed by atoms with Gasteiger partial charge in [-0.2, -0.15) is 0 Å². The molecule has 1 aromatic heterocycles. The smallest absolute Gasteiger partial charge is 0.0981 e. The van der Waals surface area contributed by atoms with E-state index in [1.54, 1.807) is 11.3 Å². The first-order valence-electron chi connectivity index (χ1n) is 6.31. The average Bonchev–Trinajstić information content (AvgIpc) is 2.76. The molecule has 1 heterocycles. The van der Waals surface area contributed by atoms with Crippen LogP contribution in [0.4, 0.5) is 5.69 Å². The maximum absolute atomic E-state index is 4.51. The van der Waals surface area contributed by atoms with Crippen molar-refractivity contribution in [3.63, 3.8) is 0 Å². The maximum atomic E-state index is 4.51. The van der Waals surface area contributed by atoms with E-state index < -0.39 is 0 Å². The Kier molecular flexibility index (Phi) is 4.50. The lowest BCUT2D eigenvalue weighted by Crippen LogP contribution is -2.09. The number of aromatic nitrogens is 1. The lowest BCUT2D eigenvalue weighted by Gasteiger charge is -2.13. The van der Waals surface area contributed by atoms with E-state index in [0.717, 1.165) is 6.54 Å². The fourth-order valence-corrected chi connectivity index (χ4v) is 3.30. The van der Waals surface area contributed by atoms with Gasteiger partial charge in [0, 0.05) is 25.7 Å². The van der Waals surface area contributed by atoms with Crippen LogP contribution in [0, 0.1) is 10.5 Å². The second-order valence-corrected chi connectivity index (χ2v) is 8.06. The van der Waals surface area contributed by atoms with Crippen molar-refractivity contribution < 1.29 is 0 Å². The molecule has 0 spiro atoms. The number of rotatable bonds is 3. The van der Waals surface area contributed by atoms with E-state index in [1.807, 2.05) is 6.20 Å². The molecule has 2 aromatic rings. The number of thiazole rings is 1. The van der Waals surface area contributed by atoms with Crippen LogP contribution >= 0.6 is 33.9 Å². The van der Waals surface area contributed by atoms with Crippen LogP contribution in [0.2, 0.25) is 0 Å². The van der Waals surface area contributed by atoms with Crippen LogP contribution in [0.1, 0.15) is 36.2 Å². The molecule has 2 rings (SSSR count). The Morgan fingerprint density at radius 3 is 2.63 bits per heavy atom. The van der Waals surface area contributed by atoms with E-state index in [4.69, 9.17) is 0 Å². The zero-order chi connectivity index (χ0) is 14.0. The minimum Gasteiger partial charge on any atom is -0.380 e. The molecule has 1 N–H and O–H groups in total. The van der Waals surface area contributed by atoms with Crippen LogP contribution in [0.5, 0.6) is 0 Å². The third-order valence-electron chi connectivity index (χ3n) is 2.84. The second kappa shape index (κ2) is 5.79. The largest absolute Gasteiger partial charge is 0.380 e. The van der Waals surface area contributed by atoms with Gasteiger partial charge in [-0.05, 0) is 53.3 Å². The fourth-order valence-electron chi connectivity index (χ4n) is 1.74. The van der Waals surface area contributed by atoms with Crippen molar-refractivity contribution in [2.24, 2.45) is 0 Å². The third kappa shape index (κ3) is 3.92. The first-order chi connectivity index (χ1) is 8.86. The minimum atomic E-state index is 0.141. The Morgan fingerprint density at radius 2 is 2.05 bits per heavy atom. The number of hydrogen-bond donors (Lipinski definition) is 1. The number of hydrogen-bond acceptors (Lipinski definition) is 3. The fraction of sp³-hybridized carbons (Fsp3) is 0.400. The lowest BCUT2D eigenvalue weighted by atomic mass is 9.98. The molecule has 4 heteroatoms. The first-order valence-corrected chi connectivity index (χ1v) is 8.21. The van der Waals surface area contributed by atoms with E-state index in [9.17, 15) is 0 Å². The highest BCUT2D eigenvalue weighted by Crippen LogP contribution is 2.27. The third-order valence-corrected chi connectivity index (χ3v) is 4.93. The van der Waals surface area contributed by atoms with Crippen molar-refractivity contribution in [3.8, 4) is 0 Å². The van der Waals surface area contributed by atoms with Crippen molar-refractivity contribution >= 4 is 39.6 Å². The van der Waals surface area contributed by atoms with Crippen molar-refractivity contribution in [2.45, 2.75) is 39.7 Å². The molecule has 0 fully saturated rings. The molecule has 0 saturated heterocycles. The van der Waals surface area contributed by atoms with Gasteiger partial charge in [-0.1, -0.05) is 20.8 Å². The summed E-state index contributed by atoms with van der Waals surface area (Å²) in [5, 5.41) is 4.69. The highest BCUT2D eigenvalue weighted by atomic mass is 127.